The predicted molar refractivity (Wildman–Crippen MR) is 127 cm³/mol. The molecule has 8 nitrogen and oxygen atoms in total. The van der Waals surface area contributed by atoms with Crippen LogP contribution in [0.5, 0.6) is 11.5 Å². The molecule has 0 bridgehead atoms. The number of benzene rings is 2. The molecule has 4 aromatic rings. The van der Waals surface area contributed by atoms with Crippen LogP contribution in [0, 0.1) is 0 Å². The first-order chi connectivity index (χ1) is 16.2. The molecule has 2 aromatic carbocycles. The van der Waals surface area contributed by atoms with E-state index >= 15 is 0 Å². The van der Waals surface area contributed by atoms with Gasteiger partial charge in [0.05, 0.1) is 24.6 Å². The summed E-state index contributed by atoms with van der Waals surface area (Å²) in [4.78, 5) is 16.8. The maximum Gasteiger partial charge on any atom is 0.234 e. The Bertz CT molecular complexity index is 1190. The Labute approximate surface area is 196 Å². The standard InChI is InChI=1S/C24H23N5O3S/c1-31-16-15-29-23(18-11-13-25-14-12-18)27-28-24(29)33-17-22(30)26-20-9-5-6-10-21(20)32-19-7-3-2-4-8-19/h2-14H,15-17H2,1H3,(H,26,30). The van der Waals surface area contributed by atoms with E-state index < -0.39 is 0 Å². The number of carbonyl (C=O) groups excluding carboxylic acids is 1. The second-order valence-corrected chi connectivity index (χ2v) is 7.88. The van der Waals surface area contributed by atoms with Gasteiger partial charge in [-0.3, -0.25) is 14.3 Å². The van der Waals surface area contributed by atoms with Crippen molar-refractivity contribution < 1.29 is 14.3 Å². The zero-order chi connectivity index (χ0) is 22.9. The lowest BCUT2D eigenvalue weighted by atomic mass is 10.2. The molecule has 0 saturated heterocycles. The Morgan fingerprint density at radius 1 is 1.00 bits per heavy atom. The number of thioether (sulfide) groups is 1. The maximum absolute atomic E-state index is 12.7. The second-order valence-electron chi connectivity index (χ2n) is 6.93. The van der Waals surface area contributed by atoms with E-state index in [4.69, 9.17) is 9.47 Å². The number of nitrogens with zero attached hydrogens (tertiary/aromatic N) is 4. The minimum absolute atomic E-state index is 0.168. The lowest BCUT2D eigenvalue weighted by Crippen LogP contribution is -2.15. The summed E-state index contributed by atoms with van der Waals surface area (Å²) in [6, 6.07) is 20.5. The van der Waals surface area contributed by atoms with Crippen LogP contribution >= 0.6 is 11.8 Å². The highest BCUT2D eigenvalue weighted by Gasteiger charge is 2.16. The molecular weight excluding hydrogens is 438 g/mol. The predicted octanol–water partition coefficient (Wildman–Crippen LogP) is 4.51. The number of para-hydroxylation sites is 3. The fraction of sp³-hybridized carbons (Fsp3) is 0.167. The van der Waals surface area contributed by atoms with Crippen LogP contribution in [0.4, 0.5) is 5.69 Å². The molecule has 1 amide bonds. The second kappa shape index (κ2) is 11.3. The van der Waals surface area contributed by atoms with E-state index in [1.807, 2.05) is 71.3 Å². The molecular formula is C24H23N5O3S. The Morgan fingerprint density at radius 3 is 2.55 bits per heavy atom. The fourth-order valence-electron chi connectivity index (χ4n) is 3.08. The number of carbonyl (C=O) groups is 1. The number of anilines is 1. The van der Waals surface area contributed by atoms with Crippen molar-refractivity contribution in [2.75, 3.05) is 24.8 Å². The number of amides is 1. The van der Waals surface area contributed by atoms with E-state index in [0.29, 0.717) is 41.3 Å². The average Bonchev–Trinajstić information content (AvgIpc) is 3.26. The van der Waals surface area contributed by atoms with Gasteiger partial charge in [0.1, 0.15) is 5.75 Å². The number of pyridine rings is 1. The van der Waals surface area contributed by atoms with E-state index in [-0.39, 0.29) is 11.7 Å². The topological polar surface area (TPSA) is 91.2 Å². The monoisotopic (exact) mass is 461 g/mol. The van der Waals surface area contributed by atoms with Gasteiger partial charge in [0.2, 0.25) is 5.91 Å². The molecule has 0 saturated carbocycles. The summed E-state index contributed by atoms with van der Waals surface area (Å²) in [5.41, 5.74) is 1.50. The lowest BCUT2D eigenvalue weighted by Gasteiger charge is -2.12. The Balaban J connectivity index is 1.44. The van der Waals surface area contributed by atoms with Crippen molar-refractivity contribution in [1.29, 1.82) is 0 Å². The number of rotatable bonds is 10. The number of ether oxygens (including phenoxy) is 2. The van der Waals surface area contributed by atoms with Crippen molar-refractivity contribution in [3.63, 3.8) is 0 Å². The van der Waals surface area contributed by atoms with Gasteiger partial charge < -0.3 is 14.8 Å². The van der Waals surface area contributed by atoms with Gasteiger partial charge in [-0.15, -0.1) is 10.2 Å². The molecule has 4 rings (SSSR count). The third-order valence-electron chi connectivity index (χ3n) is 4.64. The van der Waals surface area contributed by atoms with Crippen LogP contribution in [0.1, 0.15) is 0 Å². The first-order valence-corrected chi connectivity index (χ1v) is 11.3. The number of aromatic nitrogens is 4. The minimum atomic E-state index is -0.170. The van der Waals surface area contributed by atoms with E-state index in [2.05, 4.69) is 20.5 Å². The van der Waals surface area contributed by atoms with Crippen LogP contribution in [0.15, 0.2) is 84.3 Å². The quantitative estimate of drug-likeness (QED) is 0.348. The van der Waals surface area contributed by atoms with E-state index in [1.54, 1.807) is 19.5 Å². The molecule has 168 valence electrons. The van der Waals surface area contributed by atoms with Gasteiger partial charge in [-0.05, 0) is 36.4 Å². The summed E-state index contributed by atoms with van der Waals surface area (Å²) >= 11 is 1.32. The van der Waals surface area contributed by atoms with Gasteiger partial charge in [-0.25, -0.2) is 0 Å². The summed E-state index contributed by atoms with van der Waals surface area (Å²) in [5.74, 6) is 1.98. The van der Waals surface area contributed by atoms with Crippen LogP contribution in [-0.2, 0) is 16.1 Å². The van der Waals surface area contributed by atoms with Crippen molar-refractivity contribution in [1.82, 2.24) is 19.7 Å². The molecule has 0 spiro atoms. The van der Waals surface area contributed by atoms with Crippen LogP contribution in [0.3, 0.4) is 0 Å². The van der Waals surface area contributed by atoms with Crippen LogP contribution in [0.2, 0.25) is 0 Å². The summed E-state index contributed by atoms with van der Waals surface area (Å²) < 4.78 is 13.1. The molecule has 0 fully saturated rings. The molecule has 0 atom stereocenters. The van der Waals surface area contributed by atoms with Gasteiger partial charge in [0.25, 0.3) is 0 Å². The summed E-state index contributed by atoms with van der Waals surface area (Å²) in [6.45, 7) is 1.07. The number of methoxy groups -OCH3 is 1. The van der Waals surface area contributed by atoms with E-state index in [9.17, 15) is 4.79 Å². The lowest BCUT2D eigenvalue weighted by molar-refractivity contribution is -0.113. The highest BCUT2D eigenvalue weighted by molar-refractivity contribution is 7.99. The van der Waals surface area contributed by atoms with Crippen molar-refractivity contribution in [2.24, 2.45) is 0 Å². The molecule has 0 aliphatic heterocycles. The van der Waals surface area contributed by atoms with Crippen LogP contribution in [0.25, 0.3) is 11.4 Å². The molecule has 2 aromatic heterocycles. The summed E-state index contributed by atoms with van der Waals surface area (Å²) in [7, 11) is 1.64. The highest BCUT2D eigenvalue weighted by Crippen LogP contribution is 2.30. The van der Waals surface area contributed by atoms with E-state index in [0.717, 1.165) is 5.56 Å². The molecule has 9 heteroatoms. The van der Waals surface area contributed by atoms with Crippen molar-refractivity contribution in [3.05, 3.63) is 79.1 Å². The van der Waals surface area contributed by atoms with Gasteiger partial charge in [-0.2, -0.15) is 0 Å². The first kappa shape index (κ1) is 22.5. The SMILES string of the molecule is COCCn1c(SCC(=O)Nc2ccccc2Oc2ccccc2)nnc1-c1ccncc1. The van der Waals surface area contributed by atoms with Crippen LogP contribution < -0.4 is 10.1 Å². The Morgan fingerprint density at radius 2 is 1.76 bits per heavy atom. The highest BCUT2D eigenvalue weighted by atomic mass is 32.2. The Kier molecular flexibility index (Phi) is 7.68. The average molecular weight is 462 g/mol. The van der Waals surface area contributed by atoms with Gasteiger partial charge in [0.15, 0.2) is 16.7 Å². The number of hydrogen-bond donors (Lipinski definition) is 1. The van der Waals surface area contributed by atoms with E-state index in [1.165, 1.54) is 11.8 Å². The molecule has 1 N–H and O–H groups in total. The molecule has 2 heterocycles. The van der Waals surface area contributed by atoms with Gasteiger partial charge in [-0.1, -0.05) is 42.1 Å². The van der Waals surface area contributed by atoms with Gasteiger partial charge in [0, 0.05) is 25.1 Å². The number of hydrogen-bond acceptors (Lipinski definition) is 7. The third kappa shape index (κ3) is 5.97. The first-order valence-electron chi connectivity index (χ1n) is 10.3. The van der Waals surface area contributed by atoms with Crippen molar-refractivity contribution in [3.8, 4) is 22.9 Å². The molecule has 33 heavy (non-hydrogen) atoms. The molecule has 0 unspecified atom stereocenters. The maximum atomic E-state index is 12.7. The van der Waals surface area contributed by atoms with Crippen molar-refractivity contribution >= 4 is 23.4 Å². The summed E-state index contributed by atoms with van der Waals surface area (Å²) in [5, 5.41) is 12.2. The zero-order valence-electron chi connectivity index (χ0n) is 18.0. The number of nitrogens with one attached hydrogen (secondary N) is 1. The summed E-state index contributed by atoms with van der Waals surface area (Å²) in [6.07, 6.45) is 3.42. The minimum Gasteiger partial charge on any atom is -0.455 e. The van der Waals surface area contributed by atoms with Gasteiger partial charge >= 0.3 is 0 Å². The van der Waals surface area contributed by atoms with Crippen LogP contribution in [-0.4, -0.2) is 45.1 Å². The third-order valence-corrected chi connectivity index (χ3v) is 5.61. The molecule has 0 aliphatic rings. The smallest absolute Gasteiger partial charge is 0.234 e. The molecule has 0 aliphatic carbocycles. The largest absolute Gasteiger partial charge is 0.455 e. The fourth-order valence-corrected chi connectivity index (χ4v) is 3.85. The molecule has 0 radical (unpaired) electrons. The van der Waals surface area contributed by atoms with Crippen molar-refractivity contribution in [2.45, 2.75) is 11.7 Å². The zero-order valence-corrected chi connectivity index (χ0v) is 18.9. The normalized spacial score (nSPS) is 10.7. The Hall–Kier alpha value is -3.69.